The monoisotopic (exact) mass is 418 g/mol. The zero-order valence-corrected chi connectivity index (χ0v) is 17.8. The Morgan fingerprint density at radius 1 is 1.03 bits per heavy atom. The highest BCUT2D eigenvalue weighted by Gasteiger charge is 2.20. The van der Waals surface area contributed by atoms with E-state index in [-0.39, 0.29) is 11.2 Å². The molecule has 1 atom stereocenters. The number of rotatable bonds is 6. The molecule has 0 aliphatic carbocycles. The highest BCUT2D eigenvalue weighted by Crippen LogP contribution is 2.28. The SMILES string of the molecule is COc1ccc(-c2nnc(S[C@@H](C)C(=O)Nc3cccc4ccccc34)n2C)cc1. The van der Waals surface area contributed by atoms with Gasteiger partial charge in [0, 0.05) is 23.7 Å². The molecule has 0 aliphatic rings. The Bertz CT molecular complexity index is 1180. The summed E-state index contributed by atoms with van der Waals surface area (Å²) in [7, 11) is 3.54. The van der Waals surface area contributed by atoms with Crippen LogP contribution in [0, 0.1) is 0 Å². The Labute approximate surface area is 179 Å². The van der Waals surface area contributed by atoms with Gasteiger partial charge < -0.3 is 14.6 Å². The zero-order chi connectivity index (χ0) is 21.1. The molecule has 0 aliphatic heterocycles. The fourth-order valence-electron chi connectivity index (χ4n) is 3.19. The predicted octanol–water partition coefficient (Wildman–Crippen LogP) is 4.76. The van der Waals surface area contributed by atoms with Gasteiger partial charge in [-0.15, -0.1) is 10.2 Å². The van der Waals surface area contributed by atoms with E-state index < -0.39 is 0 Å². The summed E-state index contributed by atoms with van der Waals surface area (Å²) < 4.78 is 7.10. The number of hydrogen-bond acceptors (Lipinski definition) is 5. The van der Waals surface area contributed by atoms with Gasteiger partial charge in [-0.2, -0.15) is 0 Å². The molecule has 1 aromatic heterocycles. The Hall–Kier alpha value is -3.32. The molecule has 0 saturated heterocycles. The third kappa shape index (κ3) is 4.02. The van der Waals surface area contributed by atoms with Crippen LogP contribution in [-0.2, 0) is 11.8 Å². The maximum absolute atomic E-state index is 12.8. The predicted molar refractivity (Wildman–Crippen MR) is 121 cm³/mol. The van der Waals surface area contributed by atoms with Crippen LogP contribution in [0.3, 0.4) is 0 Å². The first-order valence-corrected chi connectivity index (χ1v) is 10.4. The number of ether oxygens (including phenoxy) is 1. The number of fused-ring (bicyclic) bond motifs is 1. The Morgan fingerprint density at radius 2 is 1.77 bits per heavy atom. The van der Waals surface area contributed by atoms with Crippen molar-refractivity contribution in [1.29, 1.82) is 0 Å². The lowest BCUT2D eigenvalue weighted by Crippen LogP contribution is -2.23. The number of aromatic nitrogens is 3. The van der Waals surface area contributed by atoms with Crippen LogP contribution in [0.4, 0.5) is 5.69 Å². The standard InChI is InChI=1S/C23H22N4O2S/c1-15(22(28)24-20-10-6-8-16-7-4-5-9-19(16)20)30-23-26-25-21(27(23)2)17-11-13-18(29-3)14-12-17/h4-15H,1-3H3,(H,24,28)/t15-/m0/s1. The highest BCUT2D eigenvalue weighted by molar-refractivity contribution is 8.00. The molecule has 3 aromatic carbocycles. The van der Waals surface area contributed by atoms with Crippen molar-refractivity contribution in [3.05, 3.63) is 66.7 Å². The number of carbonyl (C=O) groups excluding carboxylic acids is 1. The lowest BCUT2D eigenvalue weighted by atomic mass is 10.1. The average Bonchev–Trinajstić information content (AvgIpc) is 3.14. The fourth-order valence-corrected chi connectivity index (χ4v) is 4.00. The molecule has 1 N–H and O–H groups in total. The average molecular weight is 419 g/mol. The molecule has 0 spiro atoms. The van der Waals surface area contributed by atoms with Crippen molar-refractivity contribution in [3.63, 3.8) is 0 Å². The van der Waals surface area contributed by atoms with E-state index in [0.29, 0.717) is 5.16 Å². The summed E-state index contributed by atoms with van der Waals surface area (Å²) in [5, 5.41) is 14.1. The molecule has 0 fully saturated rings. The van der Waals surface area contributed by atoms with Gasteiger partial charge in [-0.05, 0) is 42.6 Å². The first-order valence-electron chi connectivity index (χ1n) is 9.56. The van der Waals surface area contributed by atoms with E-state index in [1.165, 1.54) is 11.8 Å². The van der Waals surface area contributed by atoms with Crippen molar-refractivity contribution in [2.75, 3.05) is 12.4 Å². The minimum Gasteiger partial charge on any atom is -0.497 e. The summed E-state index contributed by atoms with van der Waals surface area (Å²) in [6.45, 7) is 1.87. The van der Waals surface area contributed by atoms with Gasteiger partial charge in [-0.25, -0.2) is 0 Å². The van der Waals surface area contributed by atoms with E-state index in [0.717, 1.165) is 33.6 Å². The van der Waals surface area contributed by atoms with Gasteiger partial charge in [0.25, 0.3) is 0 Å². The van der Waals surface area contributed by atoms with Crippen LogP contribution in [0.1, 0.15) is 6.92 Å². The number of nitrogens with one attached hydrogen (secondary N) is 1. The Balaban J connectivity index is 1.49. The number of carbonyl (C=O) groups is 1. The molecule has 1 amide bonds. The summed E-state index contributed by atoms with van der Waals surface area (Å²) in [5.74, 6) is 1.45. The van der Waals surface area contributed by atoms with Crippen LogP contribution in [0.5, 0.6) is 5.75 Å². The zero-order valence-electron chi connectivity index (χ0n) is 17.0. The number of hydrogen-bond donors (Lipinski definition) is 1. The molecular weight excluding hydrogens is 396 g/mol. The summed E-state index contributed by atoms with van der Waals surface area (Å²) >= 11 is 1.38. The van der Waals surface area contributed by atoms with Crippen molar-refractivity contribution in [2.24, 2.45) is 7.05 Å². The van der Waals surface area contributed by atoms with Crippen LogP contribution >= 0.6 is 11.8 Å². The summed E-state index contributed by atoms with van der Waals surface area (Å²) in [5.41, 5.74) is 1.74. The first kappa shape index (κ1) is 20.0. The lowest BCUT2D eigenvalue weighted by Gasteiger charge is -2.13. The minimum atomic E-state index is -0.337. The molecule has 7 heteroatoms. The second-order valence-electron chi connectivity index (χ2n) is 6.87. The van der Waals surface area contributed by atoms with Crippen LogP contribution in [-0.4, -0.2) is 33.0 Å². The number of anilines is 1. The van der Waals surface area contributed by atoms with Gasteiger partial charge in [0.2, 0.25) is 5.91 Å². The molecule has 152 valence electrons. The van der Waals surface area contributed by atoms with E-state index >= 15 is 0 Å². The number of benzene rings is 3. The Morgan fingerprint density at radius 3 is 2.53 bits per heavy atom. The van der Waals surface area contributed by atoms with Gasteiger partial charge in [-0.1, -0.05) is 48.2 Å². The largest absolute Gasteiger partial charge is 0.497 e. The number of thioether (sulfide) groups is 1. The van der Waals surface area contributed by atoms with Crippen LogP contribution in [0.15, 0.2) is 71.9 Å². The van der Waals surface area contributed by atoms with E-state index in [1.54, 1.807) is 7.11 Å². The summed E-state index contributed by atoms with van der Waals surface area (Å²) in [4.78, 5) is 12.8. The maximum Gasteiger partial charge on any atom is 0.237 e. The molecule has 4 rings (SSSR count). The molecule has 0 unspecified atom stereocenters. The molecular formula is C23H22N4O2S. The second-order valence-corrected chi connectivity index (χ2v) is 8.18. The van der Waals surface area contributed by atoms with Crippen LogP contribution in [0.2, 0.25) is 0 Å². The van der Waals surface area contributed by atoms with Gasteiger partial charge in [0.15, 0.2) is 11.0 Å². The van der Waals surface area contributed by atoms with E-state index in [9.17, 15) is 4.79 Å². The van der Waals surface area contributed by atoms with Gasteiger partial charge in [0.1, 0.15) is 5.75 Å². The maximum atomic E-state index is 12.8. The van der Waals surface area contributed by atoms with E-state index in [2.05, 4.69) is 15.5 Å². The molecule has 0 saturated carbocycles. The lowest BCUT2D eigenvalue weighted by molar-refractivity contribution is -0.115. The van der Waals surface area contributed by atoms with Crippen molar-refractivity contribution in [1.82, 2.24) is 14.8 Å². The van der Waals surface area contributed by atoms with E-state index in [1.807, 2.05) is 85.3 Å². The summed E-state index contributed by atoms with van der Waals surface area (Å²) in [6.07, 6.45) is 0. The van der Waals surface area contributed by atoms with Gasteiger partial charge in [-0.3, -0.25) is 4.79 Å². The fraction of sp³-hybridized carbons (Fsp3) is 0.174. The topological polar surface area (TPSA) is 69.0 Å². The van der Waals surface area contributed by atoms with Crippen molar-refractivity contribution >= 4 is 34.1 Å². The third-order valence-corrected chi connectivity index (χ3v) is 6.02. The van der Waals surface area contributed by atoms with Crippen molar-refractivity contribution in [3.8, 4) is 17.1 Å². The normalized spacial score (nSPS) is 12.0. The highest BCUT2D eigenvalue weighted by atomic mass is 32.2. The first-order chi connectivity index (χ1) is 14.6. The molecule has 0 radical (unpaired) electrons. The number of amides is 1. The minimum absolute atomic E-state index is 0.0784. The Kier molecular flexibility index (Phi) is 5.72. The van der Waals surface area contributed by atoms with Crippen molar-refractivity contribution < 1.29 is 9.53 Å². The van der Waals surface area contributed by atoms with Crippen LogP contribution < -0.4 is 10.1 Å². The second kappa shape index (κ2) is 8.59. The van der Waals surface area contributed by atoms with E-state index in [4.69, 9.17) is 4.74 Å². The molecule has 6 nitrogen and oxygen atoms in total. The van der Waals surface area contributed by atoms with Gasteiger partial charge in [0.05, 0.1) is 12.4 Å². The molecule has 4 aromatic rings. The van der Waals surface area contributed by atoms with Crippen LogP contribution in [0.25, 0.3) is 22.2 Å². The molecule has 1 heterocycles. The number of methoxy groups -OCH3 is 1. The molecule has 0 bridgehead atoms. The quantitative estimate of drug-likeness (QED) is 0.457. The number of nitrogens with zero attached hydrogens (tertiary/aromatic N) is 3. The molecule has 30 heavy (non-hydrogen) atoms. The van der Waals surface area contributed by atoms with Crippen molar-refractivity contribution in [2.45, 2.75) is 17.3 Å². The smallest absolute Gasteiger partial charge is 0.237 e. The summed E-state index contributed by atoms with van der Waals surface area (Å²) in [6, 6.07) is 21.5. The van der Waals surface area contributed by atoms with Gasteiger partial charge >= 0.3 is 0 Å². The third-order valence-electron chi connectivity index (χ3n) is 4.88.